The molecule has 2 N–H and O–H groups in total. The number of aliphatic hydroxyl groups excluding tert-OH is 1. The average Bonchev–Trinajstić information content (AvgIpc) is 3.02. The molecule has 0 radical (unpaired) electrons. The normalized spacial score (nSPS) is 19.4. The molecule has 1 saturated carbocycles. The lowest BCUT2D eigenvalue weighted by molar-refractivity contribution is -0.140. The Bertz CT molecular complexity index is 416. The Kier molecular flexibility index (Phi) is 9.90. The first-order chi connectivity index (χ1) is 11.9. The van der Waals surface area contributed by atoms with Crippen LogP contribution in [0.1, 0.15) is 65.7 Å². The van der Waals surface area contributed by atoms with E-state index in [1.165, 1.54) is 19.1 Å². The van der Waals surface area contributed by atoms with E-state index < -0.39 is 0 Å². The third-order valence-corrected chi connectivity index (χ3v) is 3.99. The fourth-order valence-electron chi connectivity index (χ4n) is 2.45. The van der Waals surface area contributed by atoms with Gasteiger partial charge in [-0.15, -0.1) is 0 Å². The summed E-state index contributed by atoms with van der Waals surface area (Å²) in [5.41, 5.74) is 1.18. The largest absolute Gasteiger partial charge is 0.474 e. The van der Waals surface area contributed by atoms with Crippen molar-refractivity contribution in [2.75, 3.05) is 26.9 Å². The lowest BCUT2D eigenvalue weighted by Gasteiger charge is -2.29. The molecule has 1 atom stereocenters. The molecule has 2 rings (SSSR count). The van der Waals surface area contributed by atoms with Crippen LogP contribution in [0, 0.1) is 0 Å². The molecule has 6 heteroatoms. The van der Waals surface area contributed by atoms with Crippen LogP contribution in [0.5, 0.6) is 0 Å². The van der Waals surface area contributed by atoms with Gasteiger partial charge in [0.15, 0.2) is 5.88 Å². The summed E-state index contributed by atoms with van der Waals surface area (Å²) in [7, 11) is 1.42. The Hall–Kier alpha value is -1.27. The van der Waals surface area contributed by atoms with Gasteiger partial charge in [-0.3, -0.25) is 4.79 Å². The minimum atomic E-state index is -0.187. The molecule has 0 bridgehead atoms. The number of allylic oxidation sites excluding steroid dienone is 1. The molecule has 25 heavy (non-hydrogen) atoms. The second kappa shape index (κ2) is 11.4. The molecular formula is C19H35NO5. The zero-order valence-corrected chi connectivity index (χ0v) is 16.2. The molecule has 6 nitrogen and oxygen atoms in total. The third-order valence-electron chi connectivity index (χ3n) is 3.99. The Balaban J connectivity index is 0.000000370. The lowest BCUT2D eigenvalue weighted by atomic mass is 9.92. The molecular weight excluding hydrogens is 322 g/mol. The van der Waals surface area contributed by atoms with E-state index >= 15 is 0 Å². The topological polar surface area (TPSA) is 77.0 Å². The number of hydrogen-bond acceptors (Lipinski definition) is 6. The predicted molar refractivity (Wildman–Crippen MR) is 97.0 cm³/mol. The van der Waals surface area contributed by atoms with Crippen LogP contribution in [-0.4, -0.2) is 49.6 Å². The van der Waals surface area contributed by atoms with Gasteiger partial charge in [0.2, 0.25) is 0 Å². The molecule has 2 aliphatic rings. The number of carbonyl (C=O) groups is 1. The summed E-state index contributed by atoms with van der Waals surface area (Å²) in [6.45, 7) is 7.91. The van der Waals surface area contributed by atoms with Crippen LogP contribution in [0.4, 0.5) is 0 Å². The molecule has 1 aliphatic heterocycles. The molecule has 1 unspecified atom stereocenters. The van der Waals surface area contributed by atoms with Crippen molar-refractivity contribution in [3.8, 4) is 0 Å². The van der Waals surface area contributed by atoms with E-state index in [1.54, 1.807) is 0 Å². The smallest absolute Gasteiger partial charge is 0.305 e. The van der Waals surface area contributed by atoms with E-state index in [4.69, 9.17) is 14.6 Å². The highest BCUT2D eigenvalue weighted by Gasteiger charge is 2.20. The quantitative estimate of drug-likeness (QED) is 0.414. The Labute approximate surface area is 151 Å². The number of carbonyl (C=O) groups excluding carboxylic acids is 1. The maximum absolute atomic E-state index is 11.0. The lowest BCUT2D eigenvalue weighted by Crippen LogP contribution is -2.29. The van der Waals surface area contributed by atoms with Crippen molar-refractivity contribution >= 4 is 5.97 Å². The Morgan fingerprint density at radius 1 is 1.32 bits per heavy atom. The van der Waals surface area contributed by atoms with E-state index in [9.17, 15) is 4.79 Å². The fourth-order valence-corrected chi connectivity index (χ4v) is 2.45. The van der Waals surface area contributed by atoms with E-state index in [2.05, 4.69) is 10.1 Å². The number of aliphatic hydroxyl groups is 1. The highest BCUT2D eigenvalue weighted by atomic mass is 16.5. The van der Waals surface area contributed by atoms with E-state index in [0.717, 1.165) is 51.1 Å². The van der Waals surface area contributed by atoms with Crippen molar-refractivity contribution in [2.45, 2.75) is 77.4 Å². The van der Waals surface area contributed by atoms with Crippen LogP contribution in [0.25, 0.3) is 0 Å². The molecule has 0 aromatic carbocycles. The van der Waals surface area contributed by atoms with Crippen LogP contribution in [-0.2, 0) is 19.0 Å². The fraction of sp³-hybridized carbons (Fsp3) is 0.842. The molecule has 1 aliphatic carbocycles. The van der Waals surface area contributed by atoms with Gasteiger partial charge in [-0.25, -0.2) is 0 Å². The maximum Gasteiger partial charge on any atom is 0.305 e. The van der Waals surface area contributed by atoms with Gasteiger partial charge < -0.3 is 24.6 Å². The van der Waals surface area contributed by atoms with Crippen molar-refractivity contribution in [3.63, 3.8) is 0 Å². The summed E-state index contributed by atoms with van der Waals surface area (Å²) in [5.74, 6) is 0.755. The number of ether oxygens (including phenoxy) is 3. The van der Waals surface area contributed by atoms with Crippen LogP contribution in [0.3, 0.4) is 0 Å². The van der Waals surface area contributed by atoms with Gasteiger partial charge in [-0.1, -0.05) is 0 Å². The molecule has 0 aromatic heterocycles. The monoisotopic (exact) mass is 357 g/mol. The summed E-state index contributed by atoms with van der Waals surface area (Å²) in [6.07, 6.45) is 7.00. The molecule has 146 valence electrons. The first kappa shape index (κ1) is 21.8. The van der Waals surface area contributed by atoms with Crippen LogP contribution < -0.4 is 5.32 Å². The molecule has 1 heterocycles. The summed E-state index contributed by atoms with van der Waals surface area (Å²) in [6, 6.07) is 0. The Morgan fingerprint density at radius 2 is 2.04 bits per heavy atom. The van der Waals surface area contributed by atoms with Gasteiger partial charge in [0, 0.05) is 19.6 Å². The minimum Gasteiger partial charge on any atom is -0.474 e. The van der Waals surface area contributed by atoms with Crippen molar-refractivity contribution in [2.24, 2.45) is 0 Å². The number of nitrogens with one attached hydrogen (secondary N) is 1. The second-order valence-corrected chi connectivity index (χ2v) is 7.42. The number of methoxy groups -OCH3 is 1. The predicted octanol–water partition coefficient (Wildman–Crippen LogP) is 2.90. The van der Waals surface area contributed by atoms with Crippen LogP contribution in [0.15, 0.2) is 11.5 Å². The first-order valence-corrected chi connectivity index (χ1v) is 9.30. The maximum atomic E-state index is 11.0. The number of rotatable bonds is 7. The van der Waals surface area contributed by atoms with Crippen molar-refractivity contribution < 1.29 is 24.1 Å². The zero-order valence-electron chi connectivity index (χ0n) is 16.2. The van der Waals surface area contributed by atoms with E-state index in [-0.39, 0.29) is 24.3 Å². The minimum absolute atomic E-state index is 0.153. The summed E-state index contributed by atoms with van der Waals surface area (Å²) in [5, 5.41) is 11.7. The highest BCUT2D eigenvalue weighted by molar-refractivity contribution is 5.69. The Morgan fingerprint density at radius 3 is 2.44 bits per heavy atom. The molecule has 0 aromatic rings. The standard InChI is InChI=1S/C14H25NO3.C5H10O2/c1-14(2,3)18-13(11-7-5-8-11)15-10-6-9-12(16)17-4;6-4-5-2-1-3-7-5/h15H,5-10H2,1-4H3;5-6H,1-4H2. The SMILES string of the molecule is COC(=O)CCCNC(OC(C)(C)C)=C1CCC1.OCC1CCCO1. The molecule has 1 saturated heterocycles. The second-order valence-electron chi connectivity index (χ2n) is 7.42. The van der Waals surface area contributed by atoms with Crippen LogP contribution >= 0.6 is 0 Å². The molecule has 0 spiro atoms. The number of esters is 1. The molecule has 0 amide bonds. The summed E-state index contributed by atoms with van der Waals surface area (Å²) in [4.78, 5) is 11.0. The summed E-state index contributed by atoms with van der Waals surface area (Å²) >= 11 is 0. The highest BCUT2D eigenvalue weighted by Crippen LogP contribution is 2.30. The summed E-state index contributed by atoms with van der Waals surface area (Å²) < 4.78 is 15.6. The van der Waals surface area contributed by atoms with Crippen molar-refractivity contribution in [1.29, 1.82) is 0 Å². The van der Waals surface area contributed by atoms with Gasteiger partial charge in [0.1, 0.15) is 5.60 Å². The van der Waals surface area contributed by atoms with Gasteiger partial charge in [-0.2, -0.15) is 0 Å². The average molecular weight is 357 g/mol. The van der Waals surface area contributed by atoms with Gasteiger partial charge in [0.25, 0.3) is 0 Å². The van der Waals surface area contributed by atoms with Crippen molar-refractivity contribution in [3.05, 3.63) is 11.5 Å². The van der Waals surface area contributed by atoms with Gasteiger partial charge in [0.05, 0.1) is 19.8 Å². The van der Waals surface area contributed by atoms with Crippen molar-refractivity contribution in [1.82, 2.24) is 5.32 Å². The van der Waals surface area contributed by atoms with Gasteiger partial charge >= 0.3 is 5.97 Å². The zero-order chi connectivity index (χ0) is 18.7. The first-order valence-electron chi connectivity index (χ1n) is 9.30. The van der Waals surface area contributed by atoms with Crippen LogP contribution in [0.2, 0.25) is 0 Å². The van der Waals surface area contributed by atoms with E-state index in [1.807, 2.05) is 20.8 Å². The molecule has 2 fully saturated rings. The van der Waals surface area contributed by atoms with E-state index in [0.29, 0.717) is 6.42 Å². The van der Waals surface area contributed by atoms with Gasteiger partial charge in [-0.05, 0) is 64.9 Å². The number of hydrogen-bond donors (Lipinski definition) is 2. The third kappa shape index (κ3) is 9.70.